The zero-order valence-electron chi connectivity index (χ0n) is 11.3. The van der Waals surface area contributed by atoms with Crippen LogP contribution in [0, 0.1) is 0 Å². The monoisotopic (exact) mass is 385 g/mol. The normalized spacial score (nSPS) is 16.4. The average Bonchev–Trinajstić information content (AvgIpc) is 2.31. The van der Waals surface area contributed by atoms with Crippen molar-refractivity contribution in [1.82, 2.24) is 0 Å². The van der Waals surface area contributed by atoms with Crippen molar-refractivity contribution in [3.63, 3.8) is 0 Å². The molecule has 0 rings (SSSR count). The van der Waals surface area contributed by atoms with E-state index in [4.69, 9.17) is 0 Å². The zero-order valence-corrected chi connectivity index (χ0v) is 11.3. The van der Waals surface area contributed by atoms with E-state index >= 15 is 0 Å². The van der Waals surface area contributed by atoms with Crippen molar-refractivity contribution in [2.24, 2.45) is 5.16 Å². The highest BCUT2D eigenvalue weighted by atomic mass is 19.4. The molecule has 15 heteroatoms. The predicted molar refractivity (Wildman–Crippen MR) is 51.8 cm³/mol. The minimum absolute atomic E-state index is 0.361. The molecule has 4 nitrogen and oxygen atoms in total. The third kappa shape index (κ3) is 4.24. The number of nitrogens with zero attached hydrogens (tertiary/aromatic N) is 1. The Hall–Kier alpha value is -1.67. The smallest absolute Gasteiger partial charge is 0.311 e. The number of carbonyl (C=O) groups is 1. The molecule has 0 aliphatic rings. The average molecular weight is 385 g/mol. The van der Waals surface area contributed by atoms with E-state index in [-0.39, 0.29) is 5.71 Å². The Labute approximate surface area is 125 Å². The minimum Gasteiger partial charge on any atom is -0.311 e. The molecule has 24 heavy (non-hydrogen) atoms. The van der Waals surface area contributed by atoms with Gasteiger partial charge in [-0.25, -0.2) is 4.79 Å². The lowest BCUT2D eigenvalue weighted by Gasteiger charge is -2.33. The van der Waals surface area contributed by atoms with Crippen molar-refractivity contribution in [1.29, 1.82) is 0 Å². The Balaban J connectivity index is 5.91. The lowest BCUT2D eigenvalue weighted by Crippen LogP contribution is -2.61. The van der Waals surface area contributed by atoms with Gasteiger partial charge in [0.05, 0.1) is 5.71 Å². The predicted octanol–water partition coefficient (Wildman–Crippen LogP) is 3.96. The number of alkyl halides is 11. The highest BCUT2D eigenvalue weighted by molar-refractivity contribution is 5.82. The minimum atomic E-state index is -7.26. The van der Waals surface area contributed by atoms with Gasteiger partial charge in [0.2, 0.25) is 0 Å². The van der Waals surface area contributed by atoms with Gasteiger partial charge >= 0.3 is 36.2 Å². The van der Waals surface area contributed by atoms with Gasteiger partial charge in [-0.1, -0.05) is 5.16 Å². The quantitative estimate of drug-likeness (QED) is 0.312. The van der Waals surface area contributed by atoms with E-state index in [0.29, 0.717) is 0 Å². The molecular weight excluding hydrogens is 379 g/mol. The van der Waals surface area contributed by atoms with Crippen molar-refractivity contribution in [2.45, 2.75) is 44.1 Å². The molecule has 0 aromatic rings. The summed E-state index contributed by atoms with van der Waals surface area (Å²) in [6.45, 7) is 1.93. The van der Waals surface area contributed by atoms with Crippen LogP contribution in [-0.2, 0) is 14.4 Å². The van der Waals surface area contributed by atoms with Crippen LogP contribution in [0.4, 0.5) is 48.3 Å². The molecule has 0 heterocycles. The third-order valence-corrected chi connectivity index (χ3v) is 1.93. The lowest BCUT2D eigenvalue weighted by atomic mass is 10.2. The topological polar surface area (TPSA) is 47.9 Å². The Kier molecular flexibility index (Phi) is 5.89. The van der Waals surface area contributed by atoms with Crippen LogP contribution >= 0.6 is 0 Å². The van der Waals surface area contributed by atoms with Crippen LogP contribution in [0.5, 0.6) is 0 Å². The second-order valence-electron chi connectivity index (χ2n) is 4.20. The van der Waals surface area contributed by atoms with Crippen LogP contribution in [0.25, 0.3) is 0 Å². The summed E-state index contributed by atoms with van der Waals surface area (Å²) in [6.07, 6.45) is -21.0. The Bertz CT molecular complexity index is 506. The van der Waals surface area contributed by atoms with E-state index in [9.17, 15) is 53.1 Å². The number of halogens is 11. The largest absolute Gasteiger partial charge is 0.462 e. The van der Waals surface area contributed by atoms with Gasteiger partial charge in [-0.3, -0.25) is 4.74 Å². The molecule has 1 atom stereocenters. The van der Waals surface area contributed by atoms with E-state index in [0.717, 1.165) is 13.8 Å². The molecule has 0 spiro atoms. The molecule has 0 saturated heterocycles. The zero-order chi connectivity index (χ0) is 19.8. The second-order valence-corrected chi connectivity index (χ2v) is 4.20. The standard InChI is InChI=1S/C9H6F11NO3/c1-3(2)21-23-4(22)5(10,7(13,14)15)24-9(19,20)6(11,12)8(16,17)18/h1-2H3/t5-/m0/s1. The van der Waals surface area contributed by atoms with Crippen molar-refractivity contribution in [3.8, 4) is 0 Å². The van der Waals surface area contributed by atoms with E-state index in [1.165, 1.54) is 0 Å². The molecule has 0 bridgehead atoms. The van der Waals surface area contributed by atoms with Gasteiger partial charge < -0.3 is 4.84 Å². The molecule has 0 radical (unpaired) electrons. The van der Waals surface area contributed by atoms with E-state index in [2.05, 4.69) is 9.99 Å². The van der Waals surface area contributed by atoms with Crippen LogP contribution < -0.4 is 0 Å². The molecule has 0 saturated carbocycles. The van der Waals surface area contributed by atoms with Crippen molar-refractivity contribution < 1.29 is 62.7 Å². The first-order valence-electron chi connectivity index (χ1n) is 5.30. The highest BCUT2D eigenvalue weighted by Gasteiger charge is 2.80. The molecule has 0 aliphatic heterocycles. The van der Waals surface area contributed by atoms with E-state index < -0.39 is 36.2 Å². The first-order valence-corrected chi connectivity index (χ1v) is 5.30. The van der Waals surface area contributed by atoms with Crippen molar-refractivity contribution in [2.75, 3.05) is 0 Å². The number of hydrogen-bond acceptors (Lipinski definition) is 4. The molecule has 0 unspecified atom stereocenters. The maximum Gasteiger partial charge on any atom is 0.462 e. The van der Waals surface area contributed by atoms with Crippen LogP contribution in [0.1, 0.15) is 13.8 Å². The molecule has 0 amide bonds. The number of hydrogen-bond donors (Lipinski definition) is 0. The van der Waals surface area contributed by atoms with Crippen LogP contribution in [0.2, 0.25) is 0 Å². The summed E-state index contributed by atoms with van der Waals surface area (Å²) >= 11 is 0. The molecule has 0 aromatic carbocycles. The summed E-state index contributed by atoms with van der Waals surface area (Å²) in [4.78, 5) is 14.1. The summed E-state index contributed by atoms with van der Waals surface area (Å²) in [6, 6.07) is 0. The number of rotatable bonds is 5. The van der Waals surface area contributed by atoms with Gasteiger partial charge in [0, 0.05) is 0 Å². The van der Waals surface area contributed by atoms with Crippen molar-refractivity contribution in [3.05, 3.63) is 0 Å². The van der Waals surface area contributed by atoms with Gasteiger partial charge in [0.15, 0.2) is 0 Å². The molecule has 0 aliphatic carbocycles. The summed E-state index contributed by atoms with van der Waals surface area (Å²) in [7, 11) is 0. The number of oxime groups is 1. The first-order chi connectivity index (χ1) is 10.3. The van der Waals surface area contributed by atoms with Gasteiger partial charge in [-0.05, 0) is 13.8 Å². The summed E-state index contributed by atoms with van der Waals surface area (Å²) in [5.41, 5.74) is -0.361. The van der Waals surface area contributed by atoms with E-state index in [1.807, 2.05) is 4.74 Å². The maximum atomic E-state index is 13.5. The Morgan fingerprint density at radius 2 is 1.21 bits per heavy atom. The molecule has 0 N–H and O–H groups in total. The molecule has 0 aromatic heterocycles. The third-order valence-electron chi connectivity index (χ3n) is 1.93. The molecule has 142 valence electrons. The Morgan fingerprint density at radius 1 is 0.792 bits per heavy atom. The second kappa shape index (κ2) is 6.33. The van der Waals surface area contributed by atoms with Crippen LogP contribution in [0.15, 0.2) is 5.16 Å². The summed E-state index contributed by atoms with van der Waals surface area (Å²) in [5, 5.41) is 2.44. The lowest BCUT2D eigenvalue weighted by molar-refractivity contribution is -0.475. The maximum absolute atomic E-state index is 13.5. The molecular formula is C9H6F11NO3. The fourth-order valence-electron chi connectivity index (χ4n) is 0.812. The first kappa shape index (κ1) is 22.3. The van der Waals surface area contributed by atoms with Gasteiger partial charge in [-0.15, -0.1) is 0 Å². The Morgan fingerprint density at radius 3 is 1.50 bits per heavy atom. The fourth-order valence-corrected chi connectivity index (χ4v) is 0.812. The number of ether oxygens (including phenoxy) is 1. The van der Waals surface area contributed by atoms with Crippen LogP contribution in [0.3, 0.4) is 0 Å². The summed E-state index contributed by atoms with van der Waals surface area (Å²) in [5.74, 6) is -17.1. The fraction of sp³-hybridized carbons (Fsp3) is 0.778. The van der Waals surface area contributed by atoms with Crippen LogP contribution in [-0.4, -0.2) is 41.9 Å². The SMILES string of the molecule is CC(C)=NOC(=O)[C@](F)(OC(F)(F)C(F)(F)C(F)(F)F)C(F)(F)F. The number of carbonyl (C=O) groups excluding carboxylic acids is 1. The van der Waals surface area contributed by atoms with Crippen molar-refractivity contribution >= 4 is 11.7 Å². The molecule has 0 fully saturated rings. The summed E-state index contributed by atoms with van der Waals surface area (Å²) < 4.78 is 139. The van der Waals surface area contributed by atoms with Gasteiger partial charge in [0.1, 0.15) is 0 Å². The van der Waals surface area contributed by atoms with Gasteiger partial charge in [-0.2, -0.15) is 48.3 Å². The van der Waals surface area contributed by atoms with Gasteiger partial charge in [0.25, 0.3) is 0 Å². The van der Waals surface area contributed by atoms with E-state index in [1.54, 1.807) is 0 Å². The highest BCUT2D eigenvalue weighted by Crippen LogP contribution is 2.51.